The van der Waals surface area contributed by atoms with Crippen molar-refractivity contribution in [2.24, 2.45) is 0 Å². The third-order valence-corrected chi connectivity index (χ3v) is 3.45. The van der Waals surface area contributed by atoms with E-state index in [1.807, 2.05) is 0 Å². The van der Waals surface area contributed by atoms with Gasteiger partial charge in [0.25, 0.3) is 0 Å². The number of Topliss-reactive ketones (excluding diaryl/α,β-unsaturated/α-hetero) is 1. The Hall–Kier alpha value is -1.50. The lowest BCUT2D eigenvalue weighted by molar-refractivity contribution is -0.136. The fraction of sp³-hybridized carbons (Fsp3) is 0.333. The zero-order valence-corrected chi connectivity index (χ0v) is 11.5. The number of carbonyl (C=O) groups excluding carboxylic acids is 1. The van der Waals surface area contributed by atoms with Gasteiger partial charge in [0.05, 0.1) is 11.2 Å². The maximum Gasteiger partial charge on any atom is 0.387 e. The molecule has 1 aromatic rings. The van der Waals surface area contributed by atoms with E-state index < -0.39 is 17.4 Å². The highest BCUT2D eigenvalue weighted by Crippen LogP contribution is 2.31. The van der Waals surface area contributed by atoms with E-state index in [1.165, 1.54) is 25.1 Å². The van der Waals surface area contributed by atoms with Gasteiger partial charge in [-0.3, -0.25) is 9.59 Å². The molecule has 0 bridgehead atoms. The van der Waals surface area contributed by atoms with Gasteiger partial charge in [0.15, 0.2) is 0 Å². The van der Waals surface area contributed by atoms with E-state index in [-0.39, 0.29) is 18.0 Å². The summed E-state index contributed by atoms with van der Waals surface area (Å²) in [7, 11) is 0. The number of carboxylic acids is 1. The lowest BCUT2D eigenvalue weighted by Gasteiger charge is -2.14. The molecule has 4 nitrogen and oxygen atoms in total. The number of ketones is 1. The van der Waals surface area contributed by atoms with Crippen LogP contribution in [0.25, 0.3) is 0 Å². The van der Waals surface area contributed by atoms with E-state index in [4.69, 9.17) is 5.11 Å². The quantitative estimate of drug-likeness (QED) is 0.811. The summed E-state index contributed by atoms with van der Waals surface area (Å²) in [5.41, 5.74) is 0.680. The standard InChI is InChI=1S/C12H11BrF2O4/c1-6(16)11(13)9-5-8(19-12(14)15)3-2-7(9)4-10(17)18/h2-3,5,11-12H,4H2,1H3,(H,17,18). The van der Waals surface area contributed by atoms with Gasteiger partial charge in [-0.1, -0.05) is 22.0 Å². The lowest BCUT2D eigenvalue weighted by Crippen LogP contribution is -2.10. The average Bonchev–Trinajstić information content (AvgIpc) is 2.28. The summed E-state index contributed by atoms with van der Waals surface area (Å²) >= 11 is 3.11. The maximum atomic E-state index is 12.1. The molecule has 0 radical (unpaired) electrons. The first-order valence-corrected chi connectivity index (χ1v) is 6.16. The Morgan fingerprint density at radius 2 is 2.05 bits per heavy atom. The Morgan fingerprint density at radius 1 is 1.42 bits per heavy atom. The van der Waals surface area contributed by atoms with E-state index in [1.54, 1.807) is 0 Å². The van der Waals surface area contributed by atoms with Gasteiger partial charge in [-0.05, 0) is 30.2 Å². The van der Waals surface area contributed by atoms with Gasteiger partial charge in [-0.15, -0.1) is 0 Å². The zero-order chi connectivity index (χ0) is 14.6. The number of hydrogen-bond donors (Lipinski definition) is 1. The normalized spacial score (nSPS) is 12.3. The van der Waals surface area contributed by atoms with Crippen LogP contribution in [0.3, 0.4) is 0 Å². The predicted octanol–water partition coefficient (Wildman–Crippen LogP) is 2.94. The van der Waals surface area contributed by atoms with Gasteiger partial charge in [0.1, 0.15) is 11.5 Å². The smallest absolute Gasteiger partial charge is 0.387 e. The molecule has 0 saturated heterocycles. The van der Waals surface area contributed by atoms with Crippen molar-refractivity contribution in [3.05, 3.63) is 29.3 Å². The number of carbonyl (C=O) groups is 2. The molecule has 0 spiro atoms. The van der Waals surface area contributed by atoms with Crippen molar-refractivity contribution in [3.8, 4) is 5.75 Å². The average molecular weight is 337 g/mol. The van der Waals surface area contributed by atoms with Crippen molar-refractivity contribution in [2.45, 2.75) is 24.8 Å². The van der Waals surface area contributed by atoms with Crippen LogP contribution in [0, 0.1) is 0 Å². The predicted molar refractivity (Wildman–Crippen MR) is 66.8 cm³/mol. The van der Waals surface area contributed by atoms with Crippen molar-refractivity contribution in [1.29, 1.82) is 0 Å². The Balaban J connectivity index is 3.17. The minimum atomic E-state index is -2.98. The molecule has 0 saturated carbocycles. The summed E-state index contributed by atoms with van der Waals surface area (Å²) in [6, 6.07) is 3.84. The van der Waals surface area contributed by atoms with Crippen LogP contribution in [0.15, 0.2) is 18.2 Å². The minimum absolute atomic E-state index is 0.121. The molecule has 19 heavy (non-hydrogen) atoms. The third kappa shape index (κ3) is 4.59. The van der Waals surface area contributed by atoms with Crippen LogP contribution in [-0.4, -0.2) is 23.5 Å². The fourth-order valence-corrected chi connectivity index (χ4v) is 1.95. The molecule has 0 heterocycles. The van der Waals surface area contributed by atoms with Crippen molar-refractivity contribution in [2.75, 3.05) is 0 Å². The van der Waals surface area contributed by atoms with Crippen molar-refractivity contribution in [1.82, 2.24) is 0 Å². The van der Waals surface area contributed by atoms with Gasteiger partial charge in [0.2, 0.25) is 0 Å². The Bertz CT molecular complexity index is 491. The van der Waals surface area contributed by atoms with E-state index in [2.05, 4.69) is 20.7 Å². The lowest BCUT2D eigenvalue weighted by atomic mass is 10.00. The molecule has 104 valence electrons. The highest BCUT2D eigenvalue weighted by Gasteiger charge is 2.19. The first kappa shape index (κ1) is 15.6. The molecule has 0 aromatic heterocycles. The largest absolute Gasteiger partial charge is 0.481 e. The first-order chi connectivity index (χ1) is 8.81. The number of carboxylic acid groups (broad SMARTS) is 1. The van der Waals surface area contributed by atoms with Crippen LogP contribution in [0.4, 0.5) is 8.78 Å². The number of ether oxygens (including phenoxy) is 1. The second kappa shape index (κ2) is 6.60. The van der Waals surface area contributed by atoms with Crippen molar-refractivity contribution >= 4 is 27.7 Å². The highest BCUT2D eigenvalue weighted by molar-refractivity contribution is 9.09. The molecule has 0 aliphatic rings. The van der Waals surface area contributed by atoms with E-state index in [9.17, 15) is 18.4 Å². The summed E-state index contributed by atoms with van der Waals surface area (Å²) in [4.78, 5) is 21.3. The molecule has 1 N–H and O–H groups in total. The van der Waals surface area contributed by atoms with Crippen LogP contribution >= 0.6 is 15.9 Å². The number of halogens is 3. The number of hydrogen-bond acceptors (Lipinski definition) is 3. The molecule has 1 unspecified atom stereocenters. The number of rotatable bonds is 6. The van der Waals surface area contributed by atoms with Crippen LogP contribution in [0.1, 0.15) is 22.9 Å². The summed E-state index contributed by atoms with van der Waals surface area (Å²) < 4.78 is 28.5. The SMILES string of the molecule is CC(=O)C(Br)c1cc(OC(F)F)ccc1CC(=O)O. The minimum Gasteiger partial charge on any atom is -0.481 e. The number of alkyl halides is 3. The van der Waals surface area contributed by atoms with Crippen molar-refractivity contribution < 1.29 is 28.2 Å². The highest BCUT2D eigenvalue weighted by atomic mass is 79.9. The summed E-state index contributed by atoms with van der Waals surface area (Å²) in [6.07, 6.45) is -0.306. The van der Waals surface area contributed by atoms with Gasteiger partial charge in [-0.2, -0.15) is 8.78 Å². The maximum absolute atomic E-state index is 12.1. The monoisotopic (exact) mass is 336 g/mol. The second-order valence-corrected chi connectivity index (χ2v) is 4.70. The molecule has 0 fully saturated rings. The molecule has 1 atom stereocenters. The van der Waals surface area contributed by atoms with Crippen molar-refractivity contribution in [3.63, 3.8) is 0 Å². The Kier molecular flexibility index (Phi) is 5.41. The number of benzene rings is 1. The fourth-order valence-electron chi connectivity index (χ4n) is 1.53. The van der Waals surface area contributed by atoms with Gasteiger partial charge >= 0.3 is 12.6 Å². The first-order valence-electron chi connectivity index (χ1n) is 5.25. The molecule has 1 aromatic carbocycles. The van der Waals surface area contributed by atoms with Crippen LogP contribution in [0.2, 0.25) is 0 Å². The summed E-state index contributed by atoms with van der Waals surface area (Å²) in [5, 5.41) is 8.77. The Morgan fingerprint density at radius 3 is 2.53 bits per heavy atom. The molecule has 0 aliphatic carbocycles. The van der Waals surface area contributed by atoms with Gasteiger partial charge in [0, 0.05) is 0 Å². The summed E-state index contributed by atoms with van der Waals surface area (Å²) in [6.45, 7) is -1.67. The molecule has 0 amide bonds. The zero-order valence-electron chi connectivity index (χ0n) is 9.90. The van der Waals surface area contributed by atoms with Gasteiger partial charge in [-0.25, -0.2) is 0 Å². The molecular weight excluding hydrogens is 326 g/mol. The second-order valence-electron chi connectivity index (χ2n) is 3.78. The van der Waals surface area contributed by atoms with Crippen LogP contribution in [0.5, 0.6) is 5.75 Å². The topological polar surface area (TPSA) is 63.6 Å². The Labute approximate surface area is 116 Å². The molecular formula is C12H11BrF2O4. The third-order valence-electron chi connectivity index (χ3n) is 2.31. The van der Waals surface area contributed by atoms with E-state index in [0.717, 1.165) is 0 Å². The molecule has 1 rings (SSSR count). The van der Waals surface area contributed by atoms with Crippen LogP contribution in [-0.2, 0) is 16.0 Å². The summed E-state index contributed by atoms with van der Waals surface area (Å²) in [5.74, 6) is -1.46. The van der Waals surface area contributed by atoms with Gasteiger partial charge < -0.3 is 9.84 Å². The van der Waals surface area contributed by atoms with E-state index >= 15 is 0 Å². The van der Waals surface area contributed by atoms with Crippen LogP contribution < -0.4 is 4.74 Å². The molecule has 7 heteroatoms. The number of aliphatic carboxylic acids is 1. The van der Waals surface area contributed by atoms with E-state index in [0.29, 0.717) is 11.1 Å². The molecule has 0 aliphatic heterocycles.